The van der Waals surface area contributed by atoms with Crippen LogP contribution in [0.2, 0.25) is 0 Å². The Bertz CT molecular complexity index is 1180. The third kappa shape index (κ3) is 4.26. The van der Waals surface area contributed by atoms with Crippen LogP contribution in [0.15, 0.2) is 125 Å². The molecule has 4 aromatic carbocycles. The van der Waals surface area contributed by atoms with Crippen LogP contribution >= 0.6 is 6.89 Å². The zero-order valence-electron chi connectivity index (χ0n) is 18.2. The highest BCUT2D eigenvalue weighted by molar-refractivity contribution is 7.96. The van der Waals surface area contributed by atoms with Gasteiger partial charge in [-0.1, -0.05) is 109 Å². The van der Waals surface area contributed by atoms with Crippen molar-refractivity contribution in [3.8, 4) is 0 Å². The van der Waals surface area contributed by atoms with E-state index in [1.807, 2.05) is 85.8 Å². The van der Waals surface area contributed by atoms with E-state index in [0.29, 0.717) is 5.42 Å². The van der Waals surface area contributed by atoms with Crippen molar-refractivity contribution in [2.24, 2.45) is 10.2 Å². The summed E-state index contributed by atoms with van der Waals surface area (Å²) in [6, 6.07) is 38.5. The third-order valence-corrected chi connectivity index (χ3v) is 9.62. The highest BCUT2D eigenvalue weighted by Gasteiger charge is 2.32. The molecule has 0 unspecified atom stereocenters. The summed E-state index contributed by atoms with van der Waals surface area (Å²) in [5.74, 6) is -0.0780. The molecular formula is C28H25N2OP. The molecule has 0 spiro atoms. The predicted molar refractivity (Wildman–Crippen MR) is 137 cm³/mol. The van der Waals surface area contributed by atoms with E-state index in [-0.39, 0.29) is 5.78 Å². The van der Waals surface area contributed by atoms with Gasteiger partial charge in [0.05, 0.1) is 5.69 Å². The lowest BCUT2D eigenvalue weighted by Crippen LogP contribution is -2.32. The summed E-state index contributed by atoms with van der Waals surface area (Å²) in [6.45, 7) is 1.06. The number of ketones is 1. The van der Waals surface area contributed by atoms with Crippen LogP contribution in [-0.2, 0) is 4.79 Å². The van der Waals surface area contributed by atoms with Gasteiger partial charge in [0.15, 0.2) is 5.78 Å². The van der Waals surface area contributed by atoms with E-state index in [4.69, 9.17) is 0 Å². The molecule has 158 valence electrons. The molecule has 32 heavy (non-hydrogen) atoms. The monoisotopic (exact) mass is 436 g/mol. The minimum absolute atomic E-state index is 0.0780. The fraction of sp³-hybridized carbons (Fsp3) is 0.0714. The van der Waals surface area contributed by atoms with Crippen LogP contribution in [0.5, 0.6) is 0 Å². The molecule has 4 aromatic rings. The molecule has 0 N–H and O–H groups in total. The molecule has 0 radical (unpaired) electrons. The smallest absolute Gasteiger partial charge is 0.180 e. The molecule has 4 rings (SSSR count). The molecule has 0 saturated carbocycles. The van der Waals surface area contributed by atoms with Gasteiger partial charge in [-0.05, 0) is 35.0 Å². The normalized spacial score (nSPS) is 11.4. The standard InChI is InChI=1S/C28H25N2OP/c1-22-18-20-24(21-19-22)29-30-28(23(2)31)32(25-12-6-3-7-13-25,26-14-8-4-9-15-26)27-16-10-5-11-17-27/h3-21H,1-2H3. The van der Waals surface area contributed by atoms with Crippen LogP contribution < -0.4 is 15.9 Å². The molecule has 3 nitrogen and oxygen atoms in total. The van der Waals surface area contributed by atoms with Gasteiger partial charge in [-0.2, -0.15) is 5.11 Å². The lowest BCUT2D eigenvalue weighted by Gasteiger charge is -2.29. The van der Waals surface area contributed by atoms with Gasteiger partial charge in [-0.15, -0.1) is 5.11 Å². The molecule has 0 saturated heterocycles. The lowest BCUT2D eigenvalue weighted by molar-refractivity contribution is -0.111. The van der Waals surface area contributed by atoms with Crippen molar-refractivity contribution < 1.29 is 4.79 Å². The first kappa shape index (κ1) is 21.7. The van der Waals surface area contributed by atoms with E-state index in [1.165, 1.54) is 0 Å². The first-order valence-electron chi connectivity index (χ1n) is 10.5. The van der Waals surface area contributed by atoms with Crippen LogP contribution in [0.1, 0.15) is 12.5 Å². The van der Waals surface area contributed by atoms with Crippen molar-refractivity contribution in [2.75, 3.05) is 0 Å². The van der Waals surface area contributed by atoms with E-state index in [2.05, 4.69) is 46.6 Å². The number of benzene rings is 4. The van der Waals surface area contributed by atoms with Crippen molar-refractivity contribution >= 4 is 39.7 Å². The second-order valence-electron chi connectivity index (χ2n) is 7.59. The molecule has 0 aliphatic heterocycles. The largest absolute Gasteiger partial charge is 0.293 e. The van der Waals surface area contributed by atoms with Gasteiger partial charge in [-0.3, -0.25) is 4.79 Å². The topological polar surface area (TPSA) is 41.8 Å². The van der Waals surface area contributed by atoms with Gasteiger partial charge in [-0.25, -0.2) is 0 Å². The number of hydrogen-bond donors (Lipinski definition) is 0. The summed E-state index contributed by atoms with van der Waals surface area (Å²) in [5.41, 5.74) is 2.36. The van der Waals surface area contributed by atoms with E-state index in [9.17, 15) is 4.79 Å². The quantitative estimate of drug-likeness (QED) is 0.279. The molecule has 0 amide bonds. The fourth-order valence-corrected chi connectivity index (χ4v) is 8.00. The van der Waals surface area contributed by atoms with Crippen molar-refractivity contribution in [3.05, 3.63) is 121 Å². The minimum Gasteiger partial charge on any atom is -0.293 e. The second-order valence-corrected chi connectivity index (χ2v) is 10.9. The van der Waals surface area contributed by atoms with Gasteiger partial charge < -0.3 is 0 Å². The van der Waals surface area contributed by atoms with Gasteiger partial charge in [0.25, 0.3) is 0 Å². The summed E-state index contributed by atoms with van der Waals surface area (Å²) in [6.07, 6.45) is 0. The molecule has 0 atom stereocenters. The van der Waals surface area contributed by atoms with Gasteiger partial charge in [0.1, 0.15) is 5.42 Å². The molecule has 0 aliphatic carbocycles. The van der Waals surface area contributed by atoms with Crippen molar-refractivity contribution in [1.82, 2.24) is 0 Å². The van der Waals surface area contributed by atoms with Crippen LogP contribution in [0.25, 0.3) is 0 Å². The van der Waals surface area contributed by atoms with Crippen LogP contribution in [-0.4, -0.2) is 11.2 Å². The number of azo groups is 1. The molecular weight excluding hydrogens is 411 g/mol. The average Bonchev–Trinajstić information content (AvgIpc) is 2.84. The van der Waals surface area contributed by atoms with Crippen LogP contribution in [0, 0.1) is 6.92 Å². The van der Waals surface area contributed by atoms with E-state index < -0.39 is 6.89 Å². The molecule has 0 bridgehead atoms. The Labute approximate surface area is 189 Å². The number of Topliss-reactive ketones (excluding diaryl/α,β-unsaturated/α-hetero) is 1. The maximum Gasteiger partial charge on any atom is 0.180 e. The summed E-state index contributed by atoms with van der Waals surface area (Å²) in [5, 5.41) is 12.4. The van der Waals surface area contributed by atoms with Crippen LogP contribution in [0.4, 0.5) is 5.69 Å². The molecule has 0 aliphatic rings. The Morgan fingerprint density at radius 3 is 1.41 bits per heavy atom. The van der Waals surface area contributed by atoms with E-state index in [0.717, 1.165) is 27.2 Å². The average molecular weight is 436 g/mol. The summed E-state index contributed by atoms with van der Waals surface area (Å²) in [4.78, 5) is 13.2. The number of hydrogen-bond acceptors (Lipinski definition) is 2. The fourth-order valence-electron chi connectivity index (χ4n) is 3.86. The molecule has 0 heterocycles. The first-order valence-corrected chi connectivity index (χ1v) is 12.3. The molecule has 0 fully saturated rings. The second kappa shape index (κ2) is 9.72. The van der Waals surface area contributed by atoms with Gasteiger partial charge in [0.2, 0.25) is 0 Å². The van der Waals surface area contributed by atoms with Gasteiger partial charge >= 0.3 is 0 Å². The Morgan fingerprint density at radius 2 is 1.03 bits per heavy atom. The third-order valence-electron chi connectivity index (χ3n) is 5.36. The van der Waals surface area contributed by atoms with Crippen molar-refractivity contribution in [3.63, 3.8) is 0 Å². The highest BCUT2D eigenvalue weighted by atomic mass is 31.2. The number of nitrogens with zero attached hydrogens (tertiary/aromatic N) is 2. The predicted octanol–water partition coefficient (Wildman–Crippen LogP) is 5.79. The van der Waals surface area contributed by atoms with Crippen LogP contribution in [0.3, 0.4) is 0 Å². The summed E-state index contributed by atoms with van der Waals surface area (Å²) < 4.78 is 0. The zero-order chi connectivity index (χ0) is 22.4. The Kier molecular flexibility index (Phi) is 6.58. The molecule has 0 aromatic heterocycles. The Morgan fingerprint density at radius 1 is 0.625 bits per heavy atom. The van der Waals surface area contributed by atoms with Gasteiger partial charge in [0, 0.05) is 13.8 Å². The maximum absolute atomic E-state index is 13.2. The summed E-state index contributed by atoms with van der Waals surface area (Å²) >= 11 is 0. The molecule has 4 heteroatoms. The first-order chi connectivity index (χ1) is 15.6. The highest BCUT2D eigenvalue weighted by Crippen LogP contribution is 2.46. The van der Waals surface area contributed by atoms with Crippen molar-refractivity contribution in [1.29, 1.82) is 0 Å². The summed E-state index contributed by atoms with van der Waals surface area (Å²) in [7, 11) is 0. The minimum atomic E-state index is -2.56. The van der Waals surface area contributed by atoms with E-state index >= 15 is 0 Å². The number of carbonyl (C=O) groups excluding carboxylic acids is 1. The Hall–Kier alpha value is -3.55. The number of rotatable bonds is 6. The van der Waals surface area contributed by atoms with E-state index in [1.54, 1.807) is 6.92 Å². The number of carbonyl (C=O) groups is 1. The lowest BCUT2D eigenvalue weighted by atomic mass is 10.2. The Balaban J connectivity index is 2.14. The van der Waals surface area contributed by atoms with Crippen molar-refractivity contribution in [2.45, 2.75) is 13.8 Å². The zero-order valence-corrected chi connectivity index (χ0v) is 19.1. The SMILES string of the molecule is CC(=O)C(N=Nc1ccc(C)cc1)=P(c1ccccc1)(c1ccccc1)c1ccccc1. The maximum atomic E-state index is 13.2. The number of aryl methyl sites for hydroxylation is 1.